The Bertz CT molecular complexity index is 1290. The molecule has 4 rings (SSSR count). The Morgan fingerprint density at radius 2 is 2.03 bits per heavy atom. The number of aliphatic carboxylic acids is 1. The summed E-state index contributed by atoms with van der Waals surface area (Å²) in [5.74, 6) is -2.23. The molecule has 1 saturated heterocycles. The molecule has 11 nitrogen and oxygen atoms in total. The lowest BCUT2D eigenvalue weighted by Crippen LogP contribution is -2.45. The van der Waals surface area contributed by atoms with Crippen molar-refractivity contribution in [3.8, 4) is 6.07 Å². The zero-order chi connectivity index (χ0) is 25.0. The van der Waals surface area contributed by atoms with E-state index in [-0.39, 0.29) is 18.1 Å². The van der Waals surface area contributed by atoms with Gasteiger partial charge >= 0.3 is 12.1 Å². The summed E-state index contributed by atoms with van der Waals surface area (Å²) >= 11 is 0. The first-order valence-electron chi connectivity index (χ1n) is 10.1. The van der Waals surface area contributed by atoms with Crippen molar-refractivity contribution in [2.24, 2.45) is 12.8 Å². The smallest absolute Gasteiger partial charge is 0.475 e. The molecular formula is C20H21F3N8O3. The number of benzene rings is 1. The molecule has 0 spiro atoms. The molecule has 1 fully saturated rings. The number of hydrogen-bond acceptors (Lipinski definition) is 8. The van der Waals surface area contributed by atoms with Crippen molar-refractivity contribution in [1.29, 1.82) is 5.26 Å². The number of nitrogens with zero attached hydrogens (tertiary/aromatic N) is 7. The van der Waals surface area contributed by atoms with Crippen LogP contribution in [0.15, 0.2) is 29.1 Å². The van der Waals surface area contributed by atoms with Gasteiger partial charge in [0.15, 0.2) is 5.52 Å². The first-order chi connectivity index (χ1) is 16.0. The summed E-state index contributed by atoms with van der Waals surface area (Å²) in [5, 5.41) is 24.5. The van der Waals surface area contributed by atoms with Crippen LogP contribution in [0.4, 0.5) is 19.1 Å². The number of aromatic nitrogens is 5. The number of hydrogen-bond donors (Lipinski definition) is 2. The Hall–Kier alpha value is -3.99. The number of anilines is 1. The Morgan fingerprint density at radius 1 is 1.35 bits per heavy atom. The third kappa shape index (κ3) is 5.31. The van der Waals surface area contributed by atoms with Gasteiger partial charge in [-0.15, -0.1) is 5.10 Å². The SMILES string of the molecule is Cn1nnc2nc(N3CCC[C@H](N)C3)n(Cc3ccccc3C#N)c(=O)c21.O=C(O)C(F)(F)F. The lowest BCUT2D eigenvalue weighted by Gasteiger charge is -2.32. The third-order valence-corrected chi connectivity index (χ3v) is 5.15. The van der Waals surface area contributed by atoms with Crippen LogP contribution in [0.25, 0.3) is 11.2 Å². The lowest BCUT2D eigenvalue weighted by molar-refractivity contribution is -0.192. The molecule has 1 atom stereocenters. The fourth-order valence-corrected chi connectivity index (χ4v) is 3.54. The van der Waals surface area contributed by atoms with Crippen LogP contribution in [0.3, 0.4) is 0 Å². The standard InChI is InChI=1S/C18H20N8O.C2HF3O2/c1-24-15-16(22-23-24)21-18(25-8-4-7-14(20)11-25)26(17(15)27)10-13-6-3-2-5-12(13)9-19;3-2(4,5)1(6)7/h2-3,5-6,14H,4,7-8,10-11,20H2,1H3;(H,6,7)/t14-;/m0./s1. The number of carboxylic acids is 1. The van der Waals surface area contributed by atoms with Crippen LogP contribution in [-0.4, -0.2) is 60.9 Å². The van der Waals surface area contributed by atoms with Crippen LogP contribution in [0.2, 0.25) is 0 Å². The largest absolute Gasteiger partial charge is 0.490 e. The Kier molecular flexibility index (Phi) is 7.16. The average molecular weight is 478 g/mol. The van der Waals surface area contributed by atoms with Gasteiger partial charge in [-0.05, 0) is 24.5 Å². The van der Waals surface area contributed by atoms with Crippen molar-refractivity contribution >= 4 is 23.1 Å². The van der Waals surface area contributed by atoms with Crippen LogP contribution in [0, 0.1) is 11.3 Å². The van der Waals surface area contributed by atoms with Crippen molar-refractivity contribution in [3.05, 3.63) is 45.7 Å². The van der Waals surface area contributed by atoms with Gasteiger partial charge in [0.2, 0.25) is 11.6 Å². The number of carboxylic acid groups (broad SMARTS) is 1. The number of nitrogens with two attached hydrogens (primary N) is 1. The molecule has 0 bridgehead atoms. The van der Waals surface area contributed by atoms with E-state index in [0.717, 1.165) is 24.9 Å². The molecular weight excluding hydrogens is 457 g/mol. The molecule has 2 aromatic heterocycles. The van der Waals surface area contributed by atoms with Crippen molar-refractivity contribution in [1.82, 2.24) is 24.5 Å². The zero-order valence-electron chi connectivity index (χ0n) is 18.0. The van der Waals surface area contributed by atoms with Crippen molar-refractivity contribution in [3.63, 3.8) is 0 Å². The van der Waals surface area contributed by atoms with Gasteiger partial charge in [0.05, 0.1) is 18.2 Å². The molecule has 3 N–H and O–H groups in total. The Morgan fingerprint density at radius 3 is 2.65 bits per heavy atom. The molecule has 0 radical (unpaired) electrons. The second-order valence-electron chi connectivity index (χ2n) is 7.61. The molecule has 3 heterocycles. The number of alkyl halides is 3. The Balaban J connectivity index is 0.000000406. The maximum Gasteiger partial charge on any atom is 0.490 e. The highest BCUT2D eigenvalue weighted by Gasteiger charge is 2.38. The number of rotatable bonds is 3. The van der Waals surface area contributed by atoms with Crippen molar-refractivity contribution in [2.75, 3.05) is 18.0 Å². The fraction of sp³-hybridized carbons (Fsp3) is 0.400. The van der Waals surface area contributed by atoms with Crippen LogP contribution >= 0.6 is 0 Å². The van der Waals surface area contributed by atoms with E-state index in [4.69, 9.17) is 15.6 Å². The van der Waals surface area contributed by atoms with Crippen molar-refractivity contribution in [2.45, 2.75) is 31.6 Å². The summed E-state index contributed by atoms with van der Waals surface area (Å²) in [6.45, 7) is 1.64. The molecule has 34 heavy (non-hydrogen) atoms. The first kappa shape index (κ1) is 24.6. The van der Waals surface area contributed by atoms with E-state index in [2.05, 4.69) is 21.4 Å². The molecule has 0 saturated carbocycles. The van der Waals surface area contributed by atoms with Crippen molar-refractivity contribution < 1.29 is 23.1 Å². The van der Waals surface area contributed by atoms with E-state index in [1.54, 1.807) is 17.7 Å². The monoisotopic (exact) mass is 478 g/mol. The highest BCUT2D eigenvalue weighted by Crippen LogP contribution is 2.20. The summed E-state index contributed by atoms with van der Waals surface area (Å²) in [7, 11) is 1.67. The van der Waals surface area contributed by atoms with E-state index >= 15 is 0 Å². The van der Waals surface area contributed by atoms with Gasteiger partial charge in [-0.25, -0.2) is 9.48 Å². The number of halogens is 3. The second-order valence-corrected chi connectivity index (χ2v) is 7.61. The normalized spacial score (nSPS) is 16.0. The molecule has 1 aromatic carbocycles. The Labute approximate surface area is 190 Å². The number of nitriles is 1. The van der Waals surface area contributed by atoms with Gasteiger partial charge in [-0.3, -0.25) is 9.36 Å². The van der Waals surface area contributed by atoms with Crippen LogP contribution in [-0.2, 0) is 18.4 Å². The minimum absolute atomic E-state index is 0.0352. The predicted molar refractivity (Wildman–Crippen MR) is 114 cm³/mol. The maximum absolute atomic E-state index is 13.2. The molecule has 0 amide bonds. The fourth-order valence-electron chi connectivity index (χ4n) is 3.54. The van der Waals surface area contributed by atoms with E-state index in [1.165, 1.54) is 4.68 Å². The second kappa shape index (κ2) is 9.87. The van der Waals surface area contributed by atoms with Gasteiger partial charge < -0.3 is 15.7 Å². The molecule has 180 valence electrons. The van der Waals surface area contributed by atoms with Crippen LogP contribution in [0.5, 0.6) is 0 Å². The summed E-state index contributed by atoms with van der Waals surface area (Å²) in [5.41, 5.74) is 7.87. The highest BCUT2D eigenvalue weighted by molar-refractivity contribution is 5.73. The van der Waals surface area contributed by atoms with E-state index in [9.17, 15) is 23.2 Å². The number of fused-ring (bicyclic) bond motifs is 1. The average Bonchev–Trinajstić information content (AvgIpc) is 3.16. The molecule has 0 aliphatic carbocycles. The van der Waals surface area contributed by atoms with Gasteiger partial charge in [0, 0.05) is 26.2 Å². The number of piperidine rings is 1. The molecule has 3 aromatic rings. The lowest BCUT2D eigenvalue weighted by atomic mass is 10.1. The zero-order valence-corrected chi connectivity index (χ0v) is 18.0. The van der Waals surface area contributed by atoms with Gasteiger partial charge in [-0.2, -0.15) is 23.4 Å². The number of aryl methyl sites for hydroxylation is 1. The maximum atomic E-state index is 13.2. The summed E-state index contributed by atoms with van der Waals surface area (Å²) in [6.07, 6.45) is -3.20. The van der Waals surface area contributed by atoms with E-state index < -0.39 is 12.1 Å². The quantitative estimate of drug-likeness (QED) is 0.561. The van der Waals surface area contributed by atoms with E-state index in [1.807, 2.05) is 23.1 Å². The molecule has 1 aliphatic rings. The minimum atomic E-state index is -5.08. The predicted octanol–water partition coefficient (Wildman–Crippen LogP) is 1.01. The van der Waals surface area contributed by atoms with Crippen LogP contribution in [0.1, 0.15) is 24.0 Å². The van der Waals surface area contributed by atoms with Gasteiger partial charge in [0.1, 0.15) is 0 Å². The topological polar surface area (TPSA) is 156 Å². The summed E-state index contributed by atoms with van der Waals surface area (Å²) in [4.78, 5) is 28.8. The third-order valence-electron chi connectivity index (χ3n) is 5.15. The molecule has 1 aliphatic heterocycles. The molecule has 0 unspecified atom stereocenters. The first-order valence-corrected chi connectivity index (χ1v) is 10.1. The van der Waals surface area contributed by atoms with Gasteiger partial charge in [0.25, 0.3) is 5.56 Å². The summed E-state index contributed by atoms with van der Waals surface area (Å²) in [6, 6.07) is 9.48. The van der Waals surface area contributed by atoms with Crippen LogP contribution < -0.4 is 16.2 Å². The van der Waals surface area contributed by atoms with E-state index in [0.29, 0.717) is 29.2 Å². The summed E-state index contributed by atoms with van der Waals surface area (Å²) < 4.78 is 34.8. The van der Waals surface area contributed by atoms with Gasteiger partial charge in [-0.1, -0.05) is 23.4 Å². The molecule has 14 heteroatoms. The highest BCUT2D eigenvalue weighted by atomic mass is 19.4. The minimum Gasteiger partial charge on any atom is -0.475 e. The number of carbonyl (C=O) groups is 1.